The Morgan fingerprint density at radius 3 is 2.42 bits per heavy atom. The van der Waals surface area contributed by atoms with Crippen molar-refractivity contribution in [3.63, 3.8) is 0 Å². The molecule has 2 aromatic heterocycles. The predicted molar refractivity (Wildman–Crippen MR) is 128 cm³/mol. The molecule has 6 nitrogen and oxygen atoms in total. The molecule has 3 aromatic rings. The first kappa shape index (κ1) is 20.0. The number of benzene rings is 1. The fourth-order valence-corrected chi connectivity index (χ4v) is 4.99. The number of ether oxygens (including phenoxy) is 1. The topological polar surface area (TPSA) is 56.4 Å². The number of morpholine rings is 1. The van der Waals surface area contributed by atoms with Gasteiger partial charge in [-0.15, -0.1) is 0 Å². The Bertz CT molecular complexity index is 1060. The zero-order valence-electron chi connectivity index (χ0n) is 17.8. The van der Waals surface area contributed by atoms with Crippen molar-refractivity contribution in [2.75, 3.05) is 36.1 Å². The van der Waals surface area contributed by atoms with Crippen LogP contribution in [0.3, 0.4) is 0 Å². The monoisotopic (exact) mass is 433 g/mol. The maximum atomic E-state index is 5.83. The van der Waals surface area contributed by atoms with E-state index in [-0.39, 0.29) is 12.1 Å². The smallest absolute Gasteiger partial charge is 0.174 e. The van der Waals surface area contributed by atoms with E-state index in [2.05, 4.69) is 75.3 Å². The molecule has 0 saturated carbocycles. The summed E-state index contributed by atoms with van der Waals surface area (Å²) in [5, 5.41) is 4.26. The molecular weight excluding hydrogens is 406 g/mol. The predicted octanol–water partition coefficient (Wildman–Crippen LogP) is 4.04. The van der Waals surface area contributed by atoms with E-state index >= 15 is 0 Å². The van der Waals surface area contributed by atoms with Crippen LogP contribution >= 0.6 is 12.2 Å². The minimum Gasteiger partial charge on any atom is -0.378 e. The zero-order chi connectivity index (χ0) is 21.4. The van der Waals surface area contributed by atoms with Crippen LogP contribution < -0.4 is 15.1 Å². The number of aromatic amines is 1. The van der Waals surface area contributed by atoms with Crippen molar-refractivity contribution in [3.8, 4) is 0 Å². The highest BCUT2D eigenvalue weighted by Crippen LogP contribution is 2.43. The van der Waals surface area contributed by atoms with Crippen molar-refractivity contribution in [2.45, 2.75) is 25.9 Å². The SMILES string of the molecule is Cc1cc([C@H]2[C@H](c3ccccn3)NC(=S)N2c2ccc(N3CCOCC3)cc2)c(C)[nH]1. The Labute approximate surface area is 188 Å². The average molecular weight is 434 g/mol. The molecular formula is C24H27N5OS. The maximum Gasteiger partial charge on any atom is 0.174 e. The van der Waals surface area contributed by atoms with E-state index in [1.54, 1.807) is 0 Å². The second-order valence-corrected chi connectivity index (χ2v) is 8.53. The molecule has 0 radical (unpaired) electrons. The van der Waals surface area contributed by atoms with Gasteiger partial charge in [0.2, 0.25) is 0 Å². The van der Waals surface area contributed by atoms with Gasteiger partial charge >= 0.3 is 0 Å². The Morgan fingerprint density at radius 1 is 1.03 bits per heavy atom. The van der Waals surface area contributed by atoms with E-state index in [1.165, 1.54) is 11.3 Å². The highest BCUT2D eigenvalue weighted by Gasteiger charge is 2.41. The van der Waals surface area contributed by atoms with Crippen LogP contribution in [0, 0.1) is 13.8 Å². The summed E-state index contributed by atoms with van der Waals surface area (Å²) in [5.41, 5.74) is 6.82. The van der Waals surface area contributed by atoms with E-state index < -0.39 is 0 Å². The summed E-state index contributed by atoms with van der Waals surface area (Å²) in [6.07, 6.45) is 1.84. The lowest BCUT2D eigenvalue weighted by Crippen LogP contribution is -2.36. The number of anilines is 2. The van der Waals surface area contributed by atoms with Crippen molar-refractivity contribution in [3.05, 3.63) is 77.4 Å². The summed E-state index contributed by atoms with van der Waals surface area (Å²) >= 11 is 5.83. The second kappa shape index (κ2) is 8.32. The summed E-state index contributed by atoms with van der Waals surface area (Å²) in [7, 11) is 0. The second-order valence-electron chi connectivity index (χ2n) is 8.15. The van der Waals surface area contributed by atoms with Crippen molar-refractivity contribution < 1.29 is 4.74 Å². The number of nitrogens with zero attached hydrogens (tertiary/aromatic N) is 3. The summed E-state index contributed by atoms with van der Waals surface area (Å²) in [6.45, 7) is 7.63. The molecule has 2 aliphatic heterocycles. The van der Waals surface area contributed by atoms with Crippen LogP contribution in [0.25, 0.3) is 0 Å². The number of thiocarbonyl (C=S) groups is 1. The highest BCUT2D eigenvalue weighted by atomic mass is 32.1. The molecule has 7 heteroatoms. The zero-order valence-corrected chi connectivity index (χ0v) is 18.7. The Morgan fingerprint density at radius 2 is 1.77 bits per heavy atom. The lowest BCUT2D eigenvalue weighted by molar-refractivity contribution is 0.122. The highest BCUT2D eigenvalue weighted by molar-refractivity contribution is 7.80. The van der Waals surface area contributed by atoms with Crippen LogP contribution in [0.4, 0.5) is 11.4 Å². The molecule has 0 unspecified atom stereocenters. The molecule has 2 N–H and O–H groups in total. The Hall–Kier alpha value is -2.90. The Balaban J connectivity index is 1.52. The largest absolute Gasteiger partial charge is 0.378 e. The summed E-state index contributed by atoms with van der Waals surface area (Å²) in [6, 6.07) is 16.9. The number of H-pyrrole nitrogens is 1. The van der Waals surface area contributed by atoms with E-state index in [1.807, 2.05) is 18.3 Å². The van der Waals surface area contributed by atoms with Crippen LogP contribution in [0.2, 0.25) is 0 Å². The minimum absolute atomic E-state index is 0.0154. The summed E-state index contributed by atoms with van der Waals surface area (Å²) in [5.74, 6) is 0. The van der Waals surface area contributed by atoms with Crippen molar-refractivity contribution in [1.82, 2.24) is 15.3 Å². The van der Waals surface area contributed by atoms with E-state index in [4.69, 9.17) is 17.0 Å². The quantitative estimate of drug-likeness (QED) is 0.606. The fraction of sp³-hybridized carbons (Fsp3) is 0.333. The van der Waals surface area contributed by atoms with Gasteiger partial charge < -0.3 is 24.8 Å². The van der Waals surface area contributed by atoms with Gasteiger partial charge in [-0.25, -0.2) is 0 Å². The maximum absolute atomic E-state index is 5.83. The van der Waals surface area contributed by atoms with E-state index in [0.29, 0.717) is 0 Å². The molecule has 160 valence electrons. The summed E-state index contributed by atoms with van der Waals surface area (Å²) in [4.78, 5) is 12.7. The normalized spacial score (nSPS) is 21.4. The first-order chi connectivity index (χ1) is 15.1. The molecule has 0 amide bonds. The van der Waals surface area contributed by atoms with Gasteiger partial charge in [0, 0.05) is 42.0 Å². The minimum atomic E-state index is -0.0264. The molecule has 0 bridgehead atoms. The lowest BCUT2D eigenvalue weighted by Gasteiger charge is -2.30. The molecule has 31 heavy (non-hydrogen) atoms. The molecule has 4 heterocycles. The van der Waals surface area contributed by atoms with Crippen LogP contribution in [0.1, 0.15) is 34.7 Å². The first-order valence-electron chi connectivity index (χ1n) is 10.7. The van der Waals surface area contributed by atoms with Gasteiger partial charge in [0.1, 0.15) is 0 Å². The molecule has 5 rings (SSSR count). The van der Waals surface area contributed by atoms with Crippen LogP contribution in [0.5, 0.6) is 0 Å². The molecule has 2 fully saturated rings. The van der Waals surface area contributed by atoms with Gasteiger partial charge in [0.25, 0.3) is 0 Å². The molecule has 0 aliphatic carbocycles. The fourth-order valence-electron chi connectivity index (χ4n) is 4.65. The van der Waals surface area contributed by atoms with Crippen LogP contribution in [-0.4, -0.2) is 41.4 Å². The molecule has 2 aliphatic rings. The third kappa shape index (κ3) is 3.79. The van der Waals surface area contributed by atoms with Crippen molar-refractivity contribution in [1.29, 1.82) is 0 Å². The van der Waals surface area contributed by atoms with Gasteiger partial charge in [-0.1, -0.05) is 6.07 Å². The van der Waals surface area contributed by atoms with Crippen molar-refractivity contribution in [2.24, 2.45) is 0 Å². The van der Waals surface area contributed by atoms with Crippen LogP contribution in [-0.2, 0) is 4.74 Å². The Kier molecular flexibility index (Phi) is 5.38. The molecule has 2 atom stereocenters. The van der Waals surface area contributed by atoms with E-state index in [9.17, 15) is 0 Å². The third-order valence-corrected chi connectivity index (χ3v) is 6.43. The molecule has 0 spiro atoms. The lowest BCUT2D eigenvalue weighted by atomic mass is 9.96. The van der Waals surface area contributed by atoms with Gasteiger partial charge in [-0.3, -0.25) is 4.98 Å². The summed E-state index contributed by atoms with van der Waals surface area (Å²) < 4.78 is 5.49. The number of hydrogen-bond acceptors (Lipinski definition) is 4. The van der Waals surface area contributed by atoms with Gasteiger partial charge in [-0.05, 0) is 74.1 Å². The number of aryl methyl sites for hydroxylation is 2. The number of nitrogens with one attached hydrogen (secondary N) is 2. The third-order valence-electron chi connectivity index (χ3n) is 6.11. The van der Waals surface area contributed by atoms with E-state index in [0.717, 1.165) is 54.2 Å². The van der Waals surface area contributed by atoms with Crippen molar-refractivity contribution >= 4 is 28.7 Å². The number of hydrogen-bond donors (Lipinski definition) is 2. The van der Waals surface area contributed by atoms with Crippen LogP contribution in [0.15, 0.2) is 54.7 Å². The van der Waals surface area contributed by atoms with Gasteiger partial charge in [0.05, 0.1) is 31.0 Å². The molecule has 1 aromatic carbocycles. The average Bonchev–Trinajstić information content (AvgIpc) is 3.32. The number of pyridine rings is 1. The van der Waals surface area contributed by atoms with Gasteiger partial charge in [-0.2, -0.15) is 0 Å². The van der Waals surface area contributed by atoms with Gasteiger partial charge in [0.15, 0.2) is 5.11 Å². The number of rotatable bonds is 4. The molecule has 2 saturated heterocycles. The number of aromatic nitrogens is 2. The standard InChI is InChI=1S/C24H27N5OS/c1-16-15-20(17(2)26-16)23-22(21-5-3-4-10-25-21)27-24(31)29(23)19-8-6-18(7-9-19)28-11-13-30-14-12-28/h3-10,15,22-23,26H,11-14H2,1-2H3,(H,27,31)/t22-,23-/m0/s1. The first-order valence-corrected chi connectivity index (χ1v) is 11.1.